The van der Waals surface area contributed by atoms with Gasteiger partial charge in [-0.15, -0.1) is 11.3 Å². The maximum absolute atomic E-state index is 11.9. The zero-order chi connectivity index (χ0) is 15.4. The van der Waals surface area contributed by atoms with Crippen LogP contribution in [0.25, 0.3) is 0 Å². The van der Waals surface area contributed by atoms with Gasteiger partial charge < -0.3 is 10.6 Å². The highest BCUT2D eigenvalue weighted by molar-refractivity contribution is 9.11. The summed E-state index contributed by atoms with van der Waals surface area (Å²) in [5.74, 6) is 0.134. The molecule has 1 aliphatic heterocycles. The second-order valence-corrected chi connectivity index (χ2v) is 8.09. The maximum atomic E-state index is 11.9. The Morgan fingerprint density at radius 1 is 1.23 bits per heavy atom. The molecular formula is C17H19BrN2OS. The van der Waals surface area contributed by atoms with Crippen molar-refractivity contribution in [3.8, 4) is 0 Å². The van der Waals surface area contributed by atoms with Crippen molar-refractivity contribution in [1.82, 2.24) is 10.6 Å². The fraction of sp³-hybridized carbons (Fsp3) is 0.353. The molecule has 2 aromatic rings. The normalized spacial score (nSPS) is 13.1. The fourth-order valence-corrected chi connectivity index (χ4v) is 4.18. The van der Waals surface area contributed by atoms with Crippen molar-refractivity contribution in [2.24, 2.45) is 0 Å². The van der Waals surface area contributed by atoms with Crippen LogP contribution in [0, 0.1) is 0 Å². The molecule has 1 aromatic carbocycles. The van der Waals surface area contributed by atoms with Crippen LogP contribution in [0.1, 0.15) is 34.4 Å². The lowest BCUT2D eigenvalue weighted by molar-refractivity contribution is -0.121. The molecule has 3 nitrogen and oxygen atoms in total. The van der Waals surface area contributed by atoms with E-state index < -0.39 is 0 Å². The van der Waals surface area contributed by atoms with E-state index in [0.717, 1.165) is 29.7 Å². The van der Waals surface area contributed by atoms with Gasteiger partial charge >= 0.3 is 0 Å². The van der Waals surface area contributed by atoms with Gasteiger partial charge in [-0.25, -0.2) is 0 Å². The van der Waals surface area contributed by atoms with Gasteiger partial charge in [0.05, 0.1) is 3.79 Å². The Balaban J connectivity index is 1.40. The predicted octanol–water partition coefficient (Wildman–Crippen LogP) is 3.75. The van der Waals surface area contributed by atoms with Crippen LogP contribution in [-0.4, -0.2) is 5.91 Å². The summed E-state index contributed by atoms with van der Waals surface area (Å²) in [5.41, 5.74) is 3.91. The zero-order valence-corrected chi connectivity index (χ0v) is 14.7. The molecule has 5 heteroatoms. The summed E-state index contributed by atoms with van der Waals surface area (Å²) >= 11 is 5.20. The van der Waals surface area contributed by atoms with Crippen molar-refractivity contribution < 1.29 is 4.79 Å². The summed E-state index contributed by atoms with van der Waals surface area (Å²) in [5, 5.41) is 6.35. The van der Waals surface area contributed by atoms with Gasteiger partial charge in [0, 0.05) is 30.9 Å². The molecule has 0 atom stereocenters. The predicted molar refractivity (Wildman–Crippen MR) is 93.8 cm³/mol. The van der Waals surface area contributed by atoms with Crippen LogP contribution in [0.3, 0.4) is 0 Å². The van der Waals surface area contributed by atoms with Crippen molar-refractivity contribution in [3.63, 3.8) is 0 Å². The number of halogens is 1. The van der Waals surface area contributed by atoms with Crippen LogP contribution in [0.2, 0.25) is 0 Å². The Morgan fingerprint density at radius 2 is 2.09 bits per heavy atom. The van der Waals surface area contributed by atoms with E-state index >= 15 is 0 Å². The van der Waals surface area contributed by atoms with Crippen molar-refractivity contribution in [2.45, 2.75) is 38.9 Å². The highest BCUT2D eigenvalue weighted by Gasteiger charge is 2.10. The molecule has 0 bridgehead atoms. The average molecular weight is 379 g/mol. The summed E-state index contributed by atoms with van der Waals surface area (Å²) in [6.45, 7) is 2.52. The monoisotopic (exact) mass is 378 g/mol. The lowest BCUT2D eigenvalue weighted by Gasteiger charge is -2.07. The number of hydrogen-bond donors (Lipinski definition) is 2. The van der Waals surface area contributed by atoms with Gasteiger partial charge in [-0.3, -0.25) is 4.79 Å². The minimum absolute atomic E-state index is 0.134. The van der Waals surface area contributed by atoms with E-state index in [4.69, 9.17) is 0 Å². The summed E-state index contributed by atoms with van der Waals surface area (Å²) in [6.07, 6.45) is 2.45. The minimum Gasteiger partial charge on any atom is -0.352 e. The molecule has 0 radical (unpaired) electrons. The molecule has 2 N–H and O–H groups in total. The molecule has 3 rings (SSSR count). The number of carbonyl (C=O) groups excluding carboxylic acids is 1. The largest absolute Gasteiger partial charge is 0.352 e. The Hall–Kier alpha value is -1.17. The number of thiophene rings is 1. The summed E-state index contributed by atoms with van der Waals surface area (Å²) in [6, 6.07) is 10.6. The maximum Gasteiger partial charge on any atom is 0.220 e. The highest BCUT2D eigenvalue weighted by Crippen LogP contribution is 2.23. The van der Waals surface area contributed by atoms with E-state index in [9.17, 15) is 4.79 Å². The lowest BCUT2D eigenvalue weighted by Crippen LogP contribution is -2.22. The third-order valence-electron chi connectivity index (χ3n) is 3.85. The van der Waals surface area contributed by atoms with E-state index in [1.54, 1.807) is 11.3 Å². The fourth-order valence-electron chi connectivity index (χ4n) is 2.66. The van der Waals surface area contributed by atoms with Gasteiger partial charge in [0.2, 0.25) is 5.91 Å². The molecule has 0 saturated heterocycles. The second-order valence-electron chi connectivity index (χ2n) is 5.54. The third-order valence-corrected chi connectivity index (χ3v) is 5.53. The number of benzene rings is 1. The van der Waals surface area contributed by atoms with E-state index in [2.05, 4.69) is 56.9 Å². The number of amides is 1. The smallest absolute Gasteiger partial charge is 0.220 e. The molecular weight excluding hydrogens is 360 g/mol. The molecule has 2 heterocycles. The topological polar surface area (TPSA) is 41.1 Å². The van der Waals surface area contributed by atoms with Gasteiger partial charge in [-0.2, -0.15) is 0 Å². The van der Waals surface area contributed by atoms with Crippen LogP contribution >= 0.6 is 27.3 Å². The molecule has 22 heavy (non-hydrogen) atoms. The summed E-state index contributed by atoms with van der Waals surface area (Å²) in [4.78, 5) is 13.2. The Kier molecular flexibility index (Phi) is 5.28. The van der Waals surface area contributed by atoms with Gasteiger partial charge in [0.25, 0.3) is 0 Å². The minimum atomic E-state index is 0.134. The van der Waals surface area contributed by atoms with E-state index in [1.165, 1.54) is 21.6 Å². The molecule has 116 valence electrons. The van der Waals surface area contributed by atoms with Crippen LogP contribution in [0.4, 0.5) is 0 Å². The number of rotatable bonds is 6. The average Bonchev–Trinajstić information content (AvgIpc) is 3.13. The van der Waals surface area contributed by atoms with Crippen molar-refractivity contribution in [3.05, 3.63) is 55.7 Å². The first kappa shape index (κ1) is 15.7. The third kappa shape index (κ3) is 4.18. The van der Waals surface area contributed by atoms with Crippen LogP contribution in [0.5, 0.6) is 0 Å². The van der Waals surface area contributed by atoms with E-state index in [1.807, 2.05) is 0 Å². The molecule has 0 unspecified atom stereocenters. The molecule has 1 aliphatic rings. The zero-order valence-electron chi connectivity index (χ0n) is 12.3. The Labute approximate surface area is 143 Å². The number of carbonyl (C=O) groups is 1. The van der Waals surface area contributed by atoms with Gasteiger partial charge in [0.1, 0.15) is 0 Å². The Morgan fingerprint density at radius 3 is 2.91 bits per heavy atom. The van der Waals surface area contributed by atoms with Crippen LogP contribution < -0.4 is 10.6 Å². The number of hydrogen-bond acceptors (Lipinski definition) is 3. The van der Waals surface area contributed by atoms with E-state index in [0.29, 0.717) is 13.0 Å². The molecule has 1 amide bonds. The van der Waals surface area contributed by atoms with Crippen LogP contribution in [0.15, 0.2) is 34.1 Å². The standard InChI is InChI=1S/C17H19BrN2OS/c18-16-7-6-15(22-16)2-1-3-17(21)20-9-12-4-5-13-10-19-11-14(13)8-12/h4-8,19H,1-3,9-11H2,(H,20,21). The van der Waals surface area contributed by atoms with Crippen molar-refractivity contribution in [1.29, 1.82) is 0 Å². The molecule has 0 fully saturated rings. The highest BCUT2D eigenvalue weighted by atomic mass is 79.9. The molecule has 1 aromatic heterocycles. The summed E-state index contributed by atoms with van der Waals surface area (Å²) < 4.78 is 1.15. The van der Waals surface area contributed by atoms with Gasteiger partial charge in [-0.1, -0.05) is 18.2 Å². The first-order valence-corrected chi connectivity index (χ1v) is 9.14. The Bertz CT molecular complexity index is 668. The second kappa shape index (κ2) is 7.40. The summed E-state index contributed by atoms with van der Waals surface area (Å²) in [7, 11) is 0. The first-order chi connectivity index (χ1) is 10.7. The quantitative estimate of drug-likeness (QED) is 0.803. The number of nitrogens with one attached hydrogen (secondary N) is 2. The number of aryl methyl sites for hydroxylation is 1. The van der Waals surface area contributed by atoms with Crippen molar-refractivity contribution >= 4 is 33.2 Å². The molecule has 0 aliphatic carbocycles. The van der Waals surface area contributed by atoms with E-state index in [-0.39, 0.29) is 5.91 Å². The molecule has 0 spiro atoms. The van der Waals surface area contributed by atoms with Crippen molar-refractivity contribution in [2.75, 3.05) is 0 Å². The number of fused-ring (bicyclic) bond motifs is 1. The SMILES string of the molecule is O=C(CCCc1ccc(Br)s1)NCc1ccc2c(c1)CNC2. The first-order valence-electron chi connectivity index (χ1n) is 7.53. The van der Waals surface area contributed by atoms with Gasteiger partial charge in [0.15, 0.2) is 0 Å². The molecule has 0 saturated carbocycles. The van der Waals surface area contributed by atoms with Gasteiger partial charge in [-0.05, 0) is 57.6 Å². The lowest BCUT2D eigenvalue weighted by atomic mass is 10.1. The van der Waals surface area contributed by atoms with Crippen LogP contribution in [-0.2, 0) is 30.8 Å².